The maximum Gasteiger partial charge on any atom is 0.307 e. The maximum absolute atomic E-state index is 10.8. The molecule has 0 bridgehead atoms. The minimum absolute atomic E-state index is 0.0151. The molecule has 0 aliphatic heterocycles. The van der Waals surface area contributed by atoms with E-state index in [1.165, 1.54) is 0 Å². The average Bonchev–Trinajstić information content (AvgIpc) is 2.32. The van der Waals surface area contributed by atoms with Gasteiger partial charge < -0.3 is 25.6 Å². The summed E-state index contributed by atoms with van der Waals surface area (Å²) < 4.78 is 5.66. The molecule has 4 N–H and O–H groups in total. The molecule has 0 aromatic heterocycles. The molecule has 0 saturated carbocycles. The summed E-state index contributed by atoms with van der Waals surface area (Å²) >= 11 is 0. The molecular weight excluding hydrogens is 272 g/mol. The number of hydrogen-bond donors (Lipinski definition) is 4. The lowest BCUT2D eigenvalue weighted by Gasteiger charge is -2.30. The Morgan fingerprint density at radius 2 is 1.81 bits per heavy atom. The molecule has 2 unspecified atom stereocenters. The van der Waals surface area contributed by atoms with Gasteiger partial charge in [-0.15, -0.1) is 0 Å². The third kappa shape index (κ3) is 10.6. The number of rotatable bonds is 10. The molecule has 0 aliphatic rings. The molecule has 21 heavy (non-hydrogen) atoms. The van der Waals surface area contributed by atoms with Crippen molar-refractivity contribution in [3.05, 3.63) is 0 Å². The Morgan fingerprint density at radius 1 is 1.24 bits per heavy atom. The van der Waals surface area contributed by atoms with Crippen molar-refractivity contribution in [1.82, 2.24) is 10.6 Å². The monoisotopic (exact) mass is 304 g/mol. The summed E-state index contributed by atoms with van der Waals surface area (Å²) in [5.74, 6) is -1.24. The van der Waals surface area contributed by atoms with Crippen LogP contribution in [0.25, 0.3) is 0 Å². The van der Waals surface area contributed by atoms with Crippen molar-refractivity contribution in [3.8, 4) is 0 Å². The van der Waals surface area contributed by atoms with Crippen LogP contribution in [0.2, 0.25) is 0 Å². The Bertz CT molecular complexity index is 313. The SMILES string of the molecule is CC(CNC(C)(C)COCC(CO)NC(C)(C)C)C(=O)O. The van der Waals surface area contributed by atoms with Gasteiger partial charge in [-0.2, -0.15) is 0 Å². The maximum atomic E-state index is 10.8. The van der Waals surface area contributed by atoms with Crippen LogP contribution in [0.4, 0.5) is 0 Å². The van der Waals surface area contributed by atoms with E-state index < -0.39 is 11.9 Å². The summed E-state index contributed by atoms with van der Waals surface area (Å²) in [5, 5.41) is 24.7. The number of hydrogen-bond acceptors (Lipinski definition) is 5. The summed E-state index contributed by atoms with van der Waals surface area (Å²) in [6, 6.07) is -0.112. The van der Waals surface area contributed by atoms with Crippen molar-refractivity contribution in [2.45, 2.75) is 58.7 Å². The van der Waals surface area contributed by atoms with E-state index in [0.29, 0.717) is 19.8 Å². The number of aliphatic hydroxyl groups excluding tert-OH is 1. The Balaban J connectivity index is 4.09. The zero-order chi connectivity index (χ0) is 16.7. The van der Waals surface area contributed by atoms with E-state index in [4.69, 9.17) is 9.84 Å². The number of aliphatic carboxylic acids is 1. The van der Waals surface area contributed by atoms with Crippen molar-refractivity contribution < 1.29 is 19.7 Å². The second kappa shape index (κ2) is 8.68. The summed E-state index contributed by atoms with van der Waals surface area (Å²) in [6.07, 6.45) is 0. The van der Waals surface area contributed by atoms with Gasteiger partial charge in [-0.1, -0.05) is 6.92 Å². The van der Waals surface area contributed by atoms with Crippen molar-refractivity contribution in [1.29, 1.82) is 0 Å². The first kappa shape index (κ1) is 20.3. The highest BCUT2D eigenvalue weighted by atomic mass is 16.5. The van der Waals surface area contributed by atoms with Gasteiger partial charge in [-0.05, 0) is 34.6 Å². The quantitative estimate of drug-likeness (QED) is 0.478. The molecule has 0 amide bonds. The van der Waals surface area contributed by atoms with Gasteiger partial charge in [0.2, 0.25) is 0 Å². The van der Waals surface area contributed by atoms with Gasteiger partial charge in [-0.25, -0.2) is 0 Å². The largest absolute Gasteiger partial charge is 0.481 e. The molecule has 0 aromatic rings. The molecule has 0 saturated heterocycles. The molecule has 0 aromatic carbocycles. The fourth-order valence-corrected chi connectivity index (χ4v) is 1.78. The minimum atomic E-state index is -0.811. The molecular formula is C15H32N2O4. The van der Waals surface area contributed by atoms with Gasteiger partial charge >= 0.3 is 5.97 Å². The van der Waals surface area contributed by atoms with Crippen LogP contribution in [-0.2, 0) is 9.53 Å². The van der Waals surface area contributed by atoms with Crippen molar-refractivity contribution in [2.24, 2.45) is 5.92 Å². The molecule has 6 heteroatoms. The number of aliphatic hydroxyl groups is 1. The second-order valence-electron chi connectivity index (χ2n) is 7.29. The summed E-state index contributed by atoms with van der Waals surface area (Å²) in [4.78, 5) is 10.8. The molecule has 0 heterocycles. The van der Waals surface area contributed by atoms with Crippen LogP contribution in [0.1, 0.15) is 41.5 Å². The molecule has 0 aliphatic carbocycles. The van der Waals surface area contributed by atoms with Crippen LogP contribution in [0.15, 0.2) is 0 Å². The van der Waals surface area contributed by atoms with Crippen LogP contribution in [-0.4, -0.2) is 59.7 Å². The fourth-order valence-electron chi connectivity index (χ4n) is 1.78. The van der Waals surface area contributed by atoms with Crippen LogP contribution in [0, 0.1) is 5.92 Å². The summed E-state index contributed by atoms with van der Waals surface area (Å²) in [6.45, 7) is 13.0. The highest BCUT2D eigenvalue weighted by Gasteiger charge is 2.22. The van der Waals surface area contributed by atoms with E-state index in [-0.39, 0.29) is 23.7 Å². The normalized spacial score (nSPS) is 15.8. The van der Waals surface area contributed by atoms with Gasteiger partial charge in [0, 0.05) is 17.6 Å². The van der Waals surface area contributed by atoms with Gasteiger partial charge in [0.25, 0.3) is 0 Å². The van der Waals surface area contributed by atoms with E-state index in [2.05, 4.69) is 10.6 Å². The second-order valence-corrected chi connectivity index (χ2v) is 7.29. The lowest BCUT2D eigenvalue weighted by molar-refractivity contribution is -0.141. The number of ether oxygens (including phenoxy) is 1. The molecule has 2 atom stereocenters. The molecule has 0 spiro atoms. The van der Waals surface area contributed by atoms with Crippen LogP contribution in [0.3, 0.4) is 0 Å². The predicted octanol–water partition coefficient (Wildman–Crippen LogP) is 0.841. The highest BCUT2D eigenvalue weighted by Crippen LogP contribution is 2.06. The third-order valence-electron chi connectivity index (χ3n) is 2.95. The van der Waals surface area contributed by atoms with Gasteiger partial charge in [0.05, 0.1) is 31.8 Å². The van der Waals surface area contributed by atoms with E-state index in [1.807, 2.05) is 34.6 Å². The number of carbonyl (C=O) groups is 1. The first-order valence-electron chi connectivity index (χ1n) is 7.41. The van der Waals surface area contributed by atoms with Gasteiger partial charge in [-0.3, -0.25) is 4.79 Å². The molecule has 126 valence electrons. The van der Waals surface area contributed by atoms with E-state index in [1.54, 1.807) is 6.92 Å². The predicted molar refractivity (Wildman–Crippen MR) is 83.5 cm³/mol. The Kier molecular flexibility index (Phi) is 8.39. The van der Waals surface area contributed by atoms with E-state index in [0.717, 1.165) is 0 Å². The van der Waals surface area contributed by atoms with Gasteiger partial charge in [0.1, 0.15) is 0 Å². The van der Waals surface area contributed by atoms with Crippen molar-refractivity contribution >= 4 is 5.97 Å². The smallest absolute Gasteiger partial charge is 0.307 e. The standard InChI is InChI=1S/C15H32N2O4/c1-11(13(19)20)7-16-15(5,6)10-21-9-12(8-18)17-14(2,3)4/h11-12,16-18H,7-10H2,1-6H3,(H,19,20). The Hall–Kier alpha value is -0.690. The zero-order valence-electron chi connectivity index (χ0n) is 14.2. The molecule has 6 nitrogen and oxygen atoms in total. The lowest BCUT2D eigenvalue weighted by Crippen LogP contribution is -2.50. The van der Waals surface area contributed by atoms with E-state index >= 15 is 0 Å². The minimum Gasteiger partial charge on any atom is -0.481 e. The van der Waals surface area contributed by atoms with Gasteiger partial charge in [0.15, 0.2) is 0 Å². The fraction of sp³-hybridized carbons (Fsp3) is 0.933. The topological polar surface area (TPSA) is 90.8 Å². The summed E-state index contributed by atoms with van der Waals surface area (Å²) in [5.41, 5.74) is -0.396. The van der Waals surface area contributed by atoms with E-state index in [9.17, 15) is 9.90 Å². The first-order valence-corrected chi connectivity index (χ1v) is 7.41. The highest BCUT2D eigenvalue weighted by molar-refractivity contribution is 5.69. The lowest BCUT2D eigenvalue weighted by atomic mass is 10.1. The Morgan fingerprint density at radius 3 is 2.24 bits per heavy atom. The number of nitrogens with one attached hydrogen (secondary N) is 2. The number of carboxylic acid groups (broad SMARTS) is 1. The third-order valence-corrected chi connectivity index (χ3v) is 2.95. The van der Waals surface area contributed by atoms with Crippen LogP contribution < -0.4 is 10.6 Å². The number of carboxylic acids is 1. The van der Waals surface area contributed by atoms with Crippen LogP contribution in [0.5, 0.6) is 0 Å². The van der Waals surface area contributed by atoms with Crippen molar-refractivity contribution in [3.63, 3.8) is 0 Å². The zero-order valence-corrected chi connectivity index (χ0v) is 14.2. The Labute approximate surface area is 128 Å². The average molecular weight is 304 g/mol. The van der Waals surface area contributed by atoms with Crippen molar-refractivity contribution in [2.75, 3.05) is 26.4 Å². The molecule has 0 fully saturated rings. The summed E-state index contributed by atoms with van der Waals surface area (Å²) in [7, 11) is 0. The molecule has 0 rings (SSSR count). The van der Waals surface area contributed by atoms with Crippen LogP contribution >= 0.6 is 0 Å². The first-order chi connectivity index (χ1) is 9.47. The molecule has 0 radical (unpaired) electrons.